The second-order valence-electron chi connectivity index (χ2n) is 5.47. The van der Waals surface area contributed by atoms with Crippen LogP contribution in [-0.4, -0.2) is 44.7 Å². The van der Waals surface area contributed by atoms with Gasteiger partial charge in [-0.05, 0) is 38.5 Å². The Kier molecular flexibility index (Phi) is 13.3. The lowest BCUT2D eigenvalue weighted by atomic mass is 10.1. The van der Waals surface area contributed by atoms with Crippen LogP contribution in [0.15, 0.2) is 36.5 Å². The summed E-state index contributed by atoms with van der Waals surface area (Å²) in [6, 6.07) is 0. The molecule has 3 atom stereocenters. The van der Waals surface area contributed by atoms with E-state index < -0.39 is 24.3 Å². The highest BCUT2D eigenvalue weighted by Crippen LogP contribution is 2.07. The van der Waals surface area contributed by atoms with Gasteiger partial charge in [0, 0.05) is 6.42 Å². The zero-order chi connectivity index (χ0) is 17.5. The molecule has 0 bridgehead atoms. The van der Waals surface area contributed by atoms with E-state index in [0.29, 0.717) is 25.7 Å². The molecule has 0 aliphatic heterocycles. The number of hydrogen-bond donors (Lipinski definition) is 4. The highest BCUT2D eigenvalue weighted by Gasteiger charge is 2.11. The molecule has 132 valence electrons. The number of unbranched alkanes of at least 4 members (excludes halogenated alkanes) is 1. The molecular formula is C18H30O5. The van der Waals surface area contributed by atoms with Gasteiger partial charge in [-0.1, -0.05) is 43.4 Å². The van der Waals surface area contributed by atoms with Crippen molar-refractivity contribution in [3.8, 4) is 0 Å². The first kappa shape index (κ1) is 21.6. The van der Waals surface area contributed by atoms with Crippen LogP contribution >= 0.6 is 0 Å². The predicted molar refractivity (Wildman–Crippen MR) is 91.1 cm³/mol. The number of aliphatic carboxylic acids is 1. The Morgan fingerprint density at radius 3 is 2.35 bits per heavy atom. The number of aliphatic hydroxyl groups excluding tert-OH is 3. The predicted octanol–water partition coefficient (Wildman–Crippen LogP) is 2.57. The van der Waals surface area contributed by atoms with Crippen molar-refractivity contribution < 1.29 is 25.2 Å². The number of carboxylic acid groups (broad SMARTS) is 1. The summed E-state index contributed by atoms with van der Waals surface area (Å²) in [6.07, 6.45) is 11.8. The third-order valence-corrected chi connectivity index (χ3v) is 3.28. The van der Waals surface area contributed by atoms with Crippen LogP contribution in [-0.2, 0) is 4.79 Å². The average Bonchev–Trinajstić information content (AvgIpc) is 2.52. The summed E-state index contributed by atoms with van der Waals surface area (Å²) in [6.45, 7) is 2.06. The molecule has 5 heteroatoms. The molecule has 1 unspecified atom stereocenters. The molecule has 0 fully saturated rings. The van der Waals surface area contributed by atoms with E-state index in [9.17, 15) is 20.1 Å². The van der Waals surface area contributed by atoms with Crippen LogP contribution in [0, 0.1) is 0 Å². The van der Waals surface area contributed by atoms with Crippen molar-refractivity contribution in [3.63, 3.8) is 0 Å². The molecule has 0 aromatic carbocycles. The van der Waals surface area contributed by atoms with Gasteiger partial charge in [-0.2, -0.15) is 0 Å². The molecule has 0 aliphatic rings. The van der Waals surface area contributed by atoms with Crippen molar-refractivity contribution >= 4 is 5.97 Å². The van der Waals surface area contributed by atoms with Crippen molar-refractivity contribution in [1.82, 2.24) is 0 Å². The van der Waals surface area contributed by atoms with Crippen molar-refractivity contribution in [2.45, 2.75) is 70.2 Å². The summed E-state index contributed by atoms with van der Waals surface area (Å²) in [4.78, 5) is 10.3. The summed E-state index contributed by atoms with van der Waals surface area (Å²) in [5.74, 6) is -0.841. The minimum absolute atomic E-state index is 0.0948. The fraction of sp³-hybridized carbons (Fsp3) is 0.611. The van der Waals surface area contributed by atoms with E-state index >= 15 is 0 Å². The molecule has 23 heavy (non-hydrogen) atoms. The molecule has 0 radical (unpaired) electrons. The SMILES string of the molecule is CC/C=C\C/C=C\C[C@H](O)[C@H](O)/C=C/C(O)CCCCC(=O)O. The number of carbonyl (C=O) groups is 1. The molecular weight excluding hydrogens is 296 g/mol. The molecule has 0 heterocycles. The summed E-state index contributed by atoms with van der Waals surface area (Å²) in [7, 11) is 0. The minimum atomic E-state index is -1.03. The Labute approximate surface area is 138 Å². The lowest BCUT2D eigenvalue weighted by molar-refractivity contribution is -0.137. The molecule has 0 aromatic heterocycles. The van der Waals surface area contributed by atoms with Crippen molar-refractivity contribution in [1.29, 1.82) is 0 Å². The minimum Gasteiger partial charge on any atom is -0.481 e. The van der Waals surface area contributed by atoms with Crippen LogP contribution < -0.4 is 0 Å². The summed E-state index contributed by atoms with van der Waals surface area (Å²) < 4.78 is 0. The Bertz CT molecular complexity index is 387. The van der Waals surface area contributed by atoms with Crippen LogP contribution in [0.1, 0.15) is 51.9 Å². The highest BCUT2D eigenvalue weighted by atomic mass is 16.4. The van der Waals surface area contributed by atoms with Gasteiger partial charge in [0.05, 0.1) is 18.3 Å². The maximum Gasteiger partial charge on any atom is 0.303 e. The normalized spacial score (nSPS) is 16.3. The van der Waals surface area contributed by atoms with Crippen LogP contribution in [0.4, 0.5) is 0 Å². The quantitative estimate of drug-likeness (QED) is 0.308. The third kappa shape index (κ3) is 13.9. The summed E-state index contributed by atoms with van der Waals surface area (Å²) in [5.41, 5.74) is 0. The second kappa shape index (κ2) is 14.2. The van der Waals surface area contributed by atoms with Gasteiger partial charge in [-0.25, -0.2) is 0 Å². The zero-order valence-corrected chi connectivity index (χ0v) is 13.8. The summed E-state index contributed by atoms with van der Waals surface area (Å²) in [5, 5.41) is 37.8. The zero-order valence-electron chi connectivity index (χ0n) is 13.8. The lowest BCUT2D eigenvalue weighted by Crippen LogP contribution is -2.23. The molecule has 0 saturated carbocycles. The lowest BCUT2D eigenvalue weighted by Gasteiger charge is -2.13. The number of aliphatic hydroxyl groups is 3. The van der Waals surface area contributed by atoms with Gasteiger partial charge in [0.15, 0.2) is 0 Å². The van der Waals surface area contributed by atoms with Crippen molar-refractivity contribution in [3.05, 3.63) is 36.5 Å². The molecule has 4 N–H and O–H groups in total. The van der Waals surface area contributed by atoms with Crippen LogP contribution in [0.5, 0.6) is 0 Å². The van der Waals surface area contributed by atoms with E-state index in [2.05, 4.69) is 13.0 Å². The van der Waals surface area contributed by atoms with Gasteiger partial charge in [0.1, 0.15) is 0 Å². The Balaban J connectivity index is 3.93. The van der Waals surface area contributed by atoms with Crippen molar-refractivity contribution in [2.24, 2.45) is 0 Å². The Morgan fingerprint density at radius 1 is 1.00 bits per heavy atom. The molecule has 0 rings (SSSR count). The van der Waals surface area contributed by atoms with Crippen molar-refractivity contribution in [2.75, 3.05) is 0 Å². The number of carboxylic acids is 1. The number of hydrogen-bond acceptors (Lipinski definition) is 4. The fourth-order valence-electron chi connectivity index (χ4n) is 1.91. The Morgan fingerprint density at radius 2 is 1.70 bits per heavy atom. The van der Waals surface area contributed by atoms with Crippen LogP contribution in [0.25, 0.3) is 0 Å². The van der Waals surface area contributed by atoms with Gasteiger partial charge in [-0.15, -0.1) is 0 Å². The van der Waals surface area contributed by atoms with E-state index in [1.807, 2.05) is 18.2 Å². The van der Waals surface area contributed by atoms with E-state index in [0.717, 1.165) is 12.8 Å². The first-order valence-corrected chi connectivity index (χ1v) is 8.21. The van der Waals surface area contributed by atoms with Gasteiger partial charge in [0.2, 0.25) is 0 Å². The summed E-state index contributed by atoms with van der Waals surface area (Å²) >= 11 is 0. The van der Waals surface area contributed by atoms with E-state index in [-0.39, 0.29) is 6.42 Å². The van der Waals surface area contributed by atoms with E-state index in [1.54, 1.807) is 0 Å². The molecule has 0 aliphatic carbocycles. The standard InChI is InChI=1S/C18H30O5/c1-2-3-4-5-6-7-11-16(20)17(21)14-13-15(19)10-8-9-12-18(22)23/h3-4,6-7,13-17,19-21H,2,5,8-12H2,1H3,(H,22,23)/b4-3-,7-6-,14-13+/t15?,16-,17+/m0/s1. The molecule has 5 nitrogen and oxygen atoms in total. The topological polar surface area (TPSA) is 98.0 Å². The third-order valence-electron chi connectivity index (χ3n) is 3.28. The smallest absolute Gasteiger partial charge is 0.303 e. The van der Waals surface area contributed by atoms with Gasteiger partial charge < -0.3 is 20.4 Å². The Hall–Kier alpha value is -1.43. The first-order valence-electron chi connectivity index (χ1n) is 8.21. The number of rotatable bonds is 13. The molecule has 0 aromatic rings. The second-order valence-corrected chi connectivity index (χ2v) is 5.47. The van der Waals surface area contributed by atoms with E-state index in [1.165, 1.54) is 12.2 Å². The fourth-order valence-corrected chi connectivity index (χ4v) is 1.91. The average molecular weight is 326 g/mol. The maximum absolute atomic E-state index is 10.3. The largest absolute Gasteiger partial charge is 0.481 e. The van der Waals surface area contributed by atoms with Gasteiger partial charge >= 0.3 is 5.97 Å². The van der Waals surface area contributed by atoms with Crippen LogP contribution in [0.2, 0.25) is 0 Å². The monoisotopic (exact) mass is 326 g/mol. The molecule has 0 amide bonds. The van der Waals surface area contributed by atoms with Gasteiger partial charge in [0.25, 0.3) is 0 Å². The van der Waals surface area contributed by atoms with E-state index in [4.69, 9.17) is 5.11 Å². The highest BCUT2D eigenvalue weighted by molar-refractivity contribution is 5.66. The van der Waals surface area contributed by atoms with Gasteiger partial charge in [-0.3, -0.25) is 4.79 Å². The maximum atomic E-state index is 10.3. The molecule has 0 spiro atoms. The number of allylic oxidation sites excluding steroid dienone is 3. The molecule has 0 saturated heterocycles. The van der Waals surface area contributed by atoms with Crippen LogP contribution in [0.3, 0.4) is 0 Å². The first-order chi connectivity index (χ1) is 11.0.